The minimum atomic E-state index is -0.978. The topological polar surface area (TPSA) is 124 Å². The van der Waals surface area contributed by atoms with Gasteiger partial charge in [0.15, 0.2) is 0 Å². The molecule has 0 aliphatic rings. The number of hydrogen-bond donors (Lipinski definition) is 2. The second kappa shape index (κ2) is 9.12. The number of benzene rings is 1. The minimum Gasteiger partial charge on any atom is -0.308 e. The van der Waals surface area contributed by atoms with Crippen molar-refractivity contribution in [1.29, 1.82) is 0 Å². The first kappa shape index (κ1) is 20.4. The summed E-state index contributed by atoms with van der Waals surface area (Å²) in [6, 6.07) is 7.56. The number of carbonyl (C=O) groups excluding carboxylic acids is 2. The normalized spacial score (nSPS) is 10.1. The smallest absolute Gasteiger partial charge is 0.308 e. The molecule has 10 heteroatoms. The van der Waals surface area contributed by atoms with Crippen molar-refractivity contribution in [1.82, 2.24) is 19.0 Å². The summed E-state index contributed by atoms with van der Waals surface area (Å²) in [5, 5.41) is 4.46. The van der Waals surface area contributed by atoms with Crippen LogP contribution >= 0.6 is 0 Å². The Labute approximate surface area is 159 Å². The molecule has 2 N–H and O–H groups in total. The molecule has 3 amide bonds. The van der Waals surface area contributed by atoms with E-state index in [-0.39, 0.29) is 13.1 Å². The number of aromatic nitrogens is 3. The maximum absolute atomic E-state index is 12.4. The Balaban J connectivity index is 2.28. The molecule has 0 aliphatic heterocycles. The third-order valence-corrected chi connectivity index (χ3v) is 3.60. The Morgan fingerprint density at radius 1 is 0.857 bits per heavy atom. The first-order chi connectivity index (χ1) is 13.4. The van der Waals surface area contributed by atoms with E-state index in [0.717, 1.165) is 9.13 Å². The van der Waals surface area contributed by atoms with Crippen LogP contribution in [0.25, 0.3) is 0 Å². The molecule has 0 fully saturated rings. The van der Waals surface area contributed by atoms with Crippen LogP contribution in [0.15, 0.2) is 70.0 Å². The molecule has 2 rings (SSSR count). The number of amides is 3. The van der Waals surface area contributed by atoms with Gasteiger partial charge in [-0.1, -0.05) is 30.4 Å². The van der Waals surface area contributed by atoms with Gasteiger partial charge >= 0.3 is 23.1 Å². The van der Waals surface area contributed by atoms with E-state index in [2.05, 4.69) is 18.5 Å². The predicted octanol–water partition coefficient (Wildman–Crippen LogP) is -0.108. The lowest BCUT2D eigenvalue weighted by atomic mass is 10.3. The summed E-state index contributed by atoms with van der Waals surface area (Å²) in [4.78, 5) is 61.1. The SMILES string of the molecule is C=CCn1c(=O)n(CC=C)c(=O)n(CC(=O)NC(=O)Nc2ccccc2)c1=O. The number of para-hydroxylation sites is 1. The summed E-state index contributed by atoms with van der Waals surface area (Å²) >= 11 is 0. The molecule has 0 atom stereocenters. The second-order valence-corrected chi connectivity index (χ2v) is 5.60. The van der Waals surface area contributed by atoms with E-state index in [1.165, 1.54) is 12.2 Å². The molecule has 10 nitrogen and oxygen atoms in total. The van der Waals surface area contributed by atoms with Crippen molar-refractivity contribution in [3.63, 3.8) is 0 Å². The van der Waals surface area contributed by atoms with Gasteiger partial charge in [0, 0.05) is 5.69 Å². The number of anilines is 1. The zero-order chi connectivity index (χ0) is 20.7. The number of urea groups is 1. The minimum absolute atomic E-state index is 0.148. The van der Waals surface area contributed by atoms with Crippen LogP contribution in [-0.4, -0.2) is 25.6 Å². The summed E-state index contributed by atoms with van der Waals surface area (Å²) in [5.74, 6) is -0.901. The Hall–Kier alpha value is -3.95. The maximum Gasteiger partial charge on any atom is 0.337 e. The molecule has 1 heterocycles. The van der Waals surface area contributed by atoms with E-state index in [9.17, 15) is 24.0 Å². The van der Waals surface area contributed by atoms with E-state index in [4.69, 9.17) is 0 Å². The molecule has 0 unspecified atom stereocenters. The van der Waals surface area contributed by atoms with E-state index < -0.39 is 35.6 Å². The molecule has 1 aromatic carbocycles. The van der Waals surface area contributed by atoms with Crippen molar-refractivity contribution in [2.75, 3.05) is 5.32 Å². The highest BCUT2D eigenvalue weighted by Gasteiger charge is 2.17. The van der Waals surface area contributed by atoms with Gasteiger partial charge < -0.3 is 5.32 Å². The van der Waals surface area contributed by atoms with E-state index in [1.54, 1.807) is 30.3 Å². The monoisotopic (exact) mass is 385 g/mol. The van der Waals surface area contributed by atoms with Gasteiger partial charge in [0.05, 0.1) is 13.1 Å². The molecule has 0 saturated heterocycles. The van der Waals surface area contributed by atoms with E-state index in [0.29, 0.717) is 10.3 Å². The maximum atomic E-state index is 12.4. The standard InChI is InChI=1S/C18H19N5O5/c1-3-10-21-16(26)22(11-4-2)18(28)23(17(21)27)12-14(24)20-15(25)19-13-8-6-5-7-9-13/h3-9H,1-2,10-12H2,(H2,19,20,24,25). The fourth-order valence-corrected chi connectivity index (χ4v) is 2.38. The molecule has 0 aliphatic carbocycles. The fourth-order valence-electron chi connectivity index (χ4n) is 2.38. The van der Waals surface area contributed by atoms with Gasteiger partial charge in [-0.05, 0) is 12.1 Å². The highest BCUT2D eigenvalue weighted by molar-refractivity contribution is 6.01. The molecule has 0 spiro atoms. The van der Waals surface area contributed by atoms with Crippen molar-refractivity contribution >= 4 is 17.6 Å². The molecular formula is C18H19N5O5. The summed E-state index contributed by atoms with van der Waals surface area (Å²) in [6.45, 7) is 5.88. The summed E-state index contributed by atoms with van der Waals surface area (Å²) in [7, 11) is 0. The van der Waals surface area contributed by atoms with Crippen molar-refractivity contribution in [2.24, 2.45) is 0 Å². The van der Waals surface area contributed by atoms with Crippen LogP contribution in [0.1, 0.15) is 0 Å². The second-order valence-electron chi connectivity index (χ2n) is 5.60. The zero-order valence-electron chi connectivity index (χ0n) is 15.0. The van der Waals surface area contributed by atoms with E-state index >= 15 is 0 Å². The van der Waals surface area contributed by atoms with Crippen LogP contribution in [-0.2, 0) is 24.4 Å². The molecule has 1 aromatic heterocycles. The van der Waals surface area contributed by atoms with Crippen molar-refractivity contribution in [3.05, 3.63) is 87.1 Å². The number of hydrogen-bond acceptors (Lipinski definition) is 5. The summed E-state index contributed by atoms with van der Waals surface area (Å²) in [6.07, 6.45) is 2.62. The quantitative estimate of drug-likeness (QED) is 0.644. The van der Waals surface area contributed by atoms with Crippen LogP contribution in [0.2, 0.25) is 0 Å². The summed E-state index contributed by atoms with van der Waals surface area (Å²) < 4.78 is 2.09. The van der Waals surface area contributed by atoms with Crippen molar-refractivity contribution in [3.8, 4) is 0 Å². The predicted molar refractivity (Wildman–Crippen MR) is 103 cm³/mol. The van der Waals surface area contributed by atoms with Gasteiger partial charge in [-0.3, -0.25) is 10.1 Å². The number of carbonyl (C=O) groups is 2. The number of rotatable bonds is 7. The zero-order valence-corrected chi connectivity index (χ0v) is 15.0. The molecule has 0 radical (unpaired) electrons. The van der Waals surface area contributed by atoms with Gasteiger partial charge in [0.1, 0.15) is 6.54 Å². The van der Waals surface area contributed by atoms with Gasteiger partial charge in [-0.15, -0.1) is 13.2 Å². The number of nitrogens with one attached hydrogen (secondary N) is 2. The average molecular weight is 385 g/mol. The van der Waals surface area contributed by atoms with Gasteiger partial charge in [-0.2, -0.15) is 0 Å². The highest BCUT2D eigenvalue weighted by Crippen LogP contribution is 2.03. The third kappa shape index (κ3) is 4.61. The Kier molecular flexibility index (Phi) is 6.63. The lowest BCUT2D eigenvalue weighted by Gasteiger charge is -2.12. The number of imide groups is 1. The first-order valence-electron chi connectivity index (χ1n) is 8.21. The summed E-state index contributed by atoms with van der Waals surface area (Å²) in [5.41, 5.74) is -2.34. The van der Waals surface area contributed by atoms with Crippen LogP contribution < -0.4 is 27.7 Å². The van der Waals surface area contributed by atoms with Crippen molar-refractivity contribution in [2.45, 2.75) is 19.6 Å². The van der Waals surface area contributed by atoms with Gasteiger partial charge in [0.2, 0.25) is 5.91 Å². The molecule has 28 heavy (non-hydrogen) atoms. The lowest BCUT2D eigenvalue weighted by molar-refractivity contribution is -0.120. The average Bonchev–Trinajstić information content (AvgIpc) is 2.66. The fraction of sp³-hybridized carbons (Fsp3) is 0.167. The molecule has 146 valence electrons. The number of allylic oxidation sites excluding steroid dienone is 2. The highest BCUT2D eigenvalue weighted by atomic mass is 16.2. The first-order valence-corrected chi connectivity index (χ1v) is 8.21. The van der Waals surface area contributed by atoms with Crippen LogP contribution in [0, 0.1) is 0 Å². The molecular weight excluding hydrogens is 366 g/mol. The largest absolute Gasteiger partial charge is 0.337 e. The van der Waals surface area contributed by atoms with Crippen molar-refractivity contribution < 1.29 is 9.59 Å². The van der Waals surface area contributed by atoms with Crippen LogP contribution in [0.3, 0.4) is 0 Å². The Bertz CT molecular complexity index is 1030. The lowest BCUT2D eigenvalue weighted by Crippen LogP contribution is -2.55. The third-order valence-electron chi connectivity index (χ3n) is 3.60. The molecule has 2 aromatic rings. The molecule has 0 bridgehead atoms. The van der Waals surface area contributed by atoms with Gasteiger partial charge in [-0.25, -0.2) is 32.9 Å². The Morgan fingerprint density at radius 3 is 1.86 bits per heavy atom. The van der Waals surface area contributed by atoms with E-state index in [1.807, 2.05) is 5.32 Å². The van der Waals surface area contributed by atoms with Crippen LogP contribution in [0.4, 0.5) is 10.5 Å². The van der Waals surface area contributed by atoms with Crippen LogP contribution in [0.5, 0.6) is 0 Å². The van der Waals surface area contributed by atoms with Gasteiger partial charge in [0.25, 0.3) is 0 Å². The Morgan fingerprint density at radius 2 is 1.36 bits per heavy atom. The molecule has 0 saturated carbocycles. The number of nitrogens with zero attached hydrogens (tertiary/aromatic N) is 3.